The van der Waals surface area contributed by atoms with Gasteiger partial charge in [0.2, 0.25) is 0 Å². The summed E-state index contributed by atoms with van der Waals surface area (Å²) in [5, 5.41) is 2.60. The fourth-order valence-corrected chi connectivity index (χ4v) is 3.03. The second-order valence-corrected chi connectivity index (χ2v) is 8.43. The molecule has 1 aromatic carbocycles. The van der Waals surface area contributed by atoms with Crippen molar-refractivity contribution in [3.05, 3.63) is 65.2 Å². The molecule has 0 spiro atoms. The minimum absolute atomic E-state index is 0.0516. The minimum Gasteiger partial charge on any atom is -0.338 e. The van der Waals surface area contributed by atoms with E-state index in [1.54, 1.807) is 41.2 Å². The molecule has 5 nitrogen and oxygen atoms in total. The summed E-state index contributed by atoms with van der Waals surface area (Å²) in [7, 11) is 0. The van der Waals surface area contributed by atoms with Crippen LogP contribution in [0, 0.1) is 0 Å². The fraction of sp³-hybridized carbons (Fsp3) is 0.318. The van der Waals surface area contributed by atoms with Crippen molar-refractivity contribution >= 4 is 17.5 Å². The number of carbonyl (C=O) groups is 1. The third-order valence-electron chi connectivity index (χ3n) is 4.78. The fourth-order valence-electron chi connectivity index (χ4n) is 2.90. The number of amides is 1. The van der Waals surface area contributed by atoms with Crippen LogP contribution in [0.15, 0.2) is 48.8 Å². The molecule has 1 amide bonds. The monoisotopic (exact) mass is 450 g/mol. The van der Waals surface area contributed by atoms with E-state index in [1.807, 2.05) is 13.8 Å². The Morgan fingerprint density at radius 2 is 1.77 bits per heavy atom. The zero-order valence-corrected chi connectivity index (χ0v) is 18.2. The van der Waals surface area contributed by atoms with Gasteiger partial charge >= 0.3 is 6.18 Å². The third kappa shape index (κ3) is 4.90. The van der Waals surface area contributed by atoms with E-state index in [9.17, 15) is 18.0 Å². The molecule has 0 saturated carbocycles. The Morgan fingerprint density at radius 3 is 2.35 bits per heavy atom. The molecule has 3 rings (SSSR count). The van der Waals surface area contributed by atoms with Gasteiger partial charge in [-0.3, -0.25) is 9.36 Å². The van der Waals surface area contributed by atoms with Crippen LogP contribution < -0.4 is 5.32 Å². The maximum Gasteiger partial charge on any atom is 0.410 e. The van der Waals surface area contributed by atoms with Crippen LogP contribution in [0.5, 0.6) is 0 Å². The summed E-state index contributed by atoms with van der Waals surface area (Å²) in [6.07, 6.45) is -1.30. The minimum atomic E-state index is -4.60. The maximum absolute atomic E-state index is 13.3. The van der Waals surface area contributed by atoms with Crippen LogP contribution in [0.3, 0.4) is 0 Å². The summed E-state index contributed by atoms with van der Waals surface area (Å²) < 4.78 is 41.6. The predicted molar refractivity (Wildman–Crippen MR) is 113 cm³/mol. The van der Waals surface area contributed by atoms with Gasteiger partial charge in [-0.2, -0.15) is 13.2 Å². The van der Waals surface area contributed by atoms with E-state index >= 15 is 0 Å². The van der Waals surface area contributed by atoms with Crippen LogP contribution in [-0.2, 0) is 0 Å². The highest BCUT2D eigenvalue weighted by Crippen LogP contribution is 2.30. The first kappa shape index (κ1) is 22.8. The number of imidazole rings is 1. The van der Waals surface area contributed by atoms with Gasteiger partial charge in [0, 0.05) is 34.5 Å². The van der Waals surface area contributed by atoms with Gasteiger partial charge in [-0.15, -0.1) is 0 Å². The van der Waals surface area contributed by atoms with Gasteiger partial charge in [-0.1, -0.05) is 37.6 Å². The van der Waals surface area contributed by atoms with Crippen molar-refractivity contribution in [1.82, 2.24) is 19.9 Å². The van der Waals surface area contributed by atoms with E-state index < -0.39 is 17.6 Å². The number of halogens is 4. The van der Waals surface area contributed by atoms with Crippen LogP contribution in [0.1, 0.15) is 49.8 Å². The molecular formula is C22H22ClF3N4O. The smallest absolute Gasteiger partial charge is 0.338 e. The quantitative estimate of drug-likeness (QED) is 0.536. The van der Waals surface area contributed by atoms with Gasteiger partial charge in [0.1, 0.15) is 17.2 Å². The lowest BCUT2D eigenvalue weighted by molar-refractivity contribution is -0.182. The lowest BCUT2D eigenvalue weighted by atomic mass is 10.0. The maximum atomic E-state index is 13.3. The Morgan fingerprint density at radius 1 is 1.13 bits per heavy atom. The third-order valence-corrected chi connectivity index (χ3v) is 5.03. The Bertz CT molecular complexity index is 1090. The number of hydrogen-bond acceptors (Lipinski definition) is 3. The summed E-state index contributed by atoms with van der Waals surface area (Å²) in [5.74, 6) is 0.302. The van der Waals surface area contributed by atoms with Crippen molar-refractivity contribution in [2.24, 2.45) is 0 Å². The van der Waals surface area contributed by atoms with Gasteiger partial charge in [-0.25, -0.2) is 9.97 Å². The number of carbonyl (C=O) groups excluding carboxylic acids is 1. The molecule has 31 heavy (non-hydrogen) atoms. The van der Waals surface area contributed by atoms with Crippen LogP contribution in [-0.4, -0.2) is 32.2 Å². The molecule has 0 saturated heterocycles. The molecule has 0 unspecified atom stereocenters. The van der Waals surface area contributed by atoms with Crippen molar-refractivity contribution in [3.63, 3.8) is 0 Å². The first-order chi connectivity index (χ1) is 14.4. The van der Waals surface area contributed by atoms with Gasteiger partial charge in [0.05, 0.1) is 5.69 Å². The summed E-state index contributed by atoms with van der Waals surface area (Å²) >= 11 is 5.96. The molecule has 0 aliphatic rings. The number of hydrogen-bond donors (Lipinski definition) is 1. The van der Waals surface area contributed by atoms with Crippen LogP contribution in [0.25, 0.3) is 17.1 Å². The molecule has 0 fully saturated rings. The molecule has 9 heteroatoms. The number of pyridine rings is 1. The number of aromatic nitrogens is 3. The topological polar surface area (TPSA) is 59.8 Å². The first-order valence-corrected chi connectivity index (χ1v) is 9.98. The predicted octanol–water partition coefficient (Wildman–Crippen LogP) is 5.78. The number of rotatable bonds is 5. The summed E-state index contributed by atoms with van der Waals surface area (Å²) in [6.45, 7) is 5.75. The molecule has 1 N–H and O–H groups in total. The standard InChI is InChI=1S/C22H22ClF3N4O/c1-13(2)19-27-9-10-30(19)18-12-15(20(31)29-21(3,4)22(24,25)26)11-17(28-18)14-5-7-16(23)8-6-14/h5-13H,1-4H3,(H,29,31). The van der Waals surface area contributed by atoms with Gasteiger partial charge in [0.25, 0.3) is 5.91 Å². The second-order valence-electron chi connectivity index (χ2n) is 7.99. The van der Waals surface area contributed by atoms with E-state index in [0.717, 1.165) is 13.8 Å². The molecule has 0 atom stereocenters. The van der Waals surface area contributed by atoms with Crippen molar-refractivity contribution in [3.8, 4) is 17.1 Å². The summed E-state index contributed by atoms with van der Waals surface area (Å²) in [4.78, 5) is 21.8. The summed E-state index contributed by atoms with van der Waals surface area (Å²) in [5.41, 5.74) is -1.25. The lowest BCUT2D eigenvalue weighted by Crippen LogP contribution is -2.54. The molecule has 0 aliphatic heterocycles. The van der Waals surface area contributed by atoms with Gasteiger partial charge in [-0.05, 0) is 38.1 Å². The second kappa shape index (κ2) is 8.34. The van der Waals surface area contributed by atoms with Crippen LogP contribution in [0.2, 0.25) is 5.02 Å². The molecule has 0 aliphatic carbocycles. The average Bonchev–Trinajstić information content (AvgIpc) is 3.17. The Hall–Kier alpha value is -2.87. The van der Waals surface area contributed by atoms with E-state index in [1.165, 1.54) is 12.1 Å². The average molecular weight is 451 g/mol. The van der Waals surface area contributed by atoms with E-state index in [-0.39, 0.29) is 11.5 Å². The first-order valence-electron chi connectivity index (χ1n) is 9.60. The molecule has 0 radical (unpaired) electrons. The van der Waals surface area contributed by atoms with Gasteiger partial charge in [0.15, 0.2) is 0 Å². The Balaban J connectivity index is 2.12. The zero-order chi connectivity index (χ0) is 23.0. The molecule has 164 valence electrons. The highest BCUT2D eigenvalue weighted by molar-refractivity contribution is 6.30. The Labute approximate surface area is 183 Å². The van der Waals surface area contributed by atoms with E-state index in [0.29, 0.717) is 27.9 Å². The van der Waals surface area contributed by atoms with E-state index in [2.05, 4.69) is 15.3 Å². The van der Waals surface area contributed by atoms with Crippen molar-refractivity contribution in [2.45, 2.75) is 45.3 Å². The van der Waals surface area contributed by atoms with E-state index in [4.69, 9.17) is 11.6 Å². The van der Waals surface area contributed by atoms with Crippen LogP contribution >= 0.6 is 11.6 Å². The molecule has 0 bridgehead atoms. The number of alkyl halides is 3. The largest absolute Gasteiger partial charge is 0.410 e. The van der Waals surface area contributed by atoms with Gasteiger partial charge < -0.3 is 5.32 Å². The van der Waals surface area contributed by atoms with Crippen molar-refractivity contribution in [2.75, 3.05) is 0 Å². The number of benzene rings is 1. The number of nitrogens with zero attached hydrogens (tertiary/aromatic N) is 3. The SMILES string of the molecule is CC(C)c1nccn1-c1cc(C(=O)NC(C)(C)C(F)(F)F)cc(-c2ccc(Cl)cc2)n1. The molecular weight excluding hydrogens is 429 g/mol. The molecule has 2 aromatic heterocycles. The normalized spacial score (nSPS) is 12.3. The highest BCUT2D eigenvalue weighted by Gasteiger charge is 2.48. The Kier molecular flexibility index (Phi) is 6.14. The summed E-state index contributed by atoms with van der Waals surface area (Å²) in [6, 6.07) is 9.72. The van der Waals surface area contributed by atoms with Crippen molar-refractivity contribution in [1.29, 1.82) is 0 Å². The van der Waals surface area contributed by atoms with Crippen molar-refractivity contribution < 1.29 is 18.0 Å². The lowest BCUT2D eigenvalue weighted by Gasteiger charge is -2.29. The number of nitrogens with one attached hydrogen (secondary N) is 1. The molecule has 3 aromatic rings. The highest BCUT2D eigenvalue weighted by atomic mass is 35.5. The zero-order valence-electron chi connectivity index (χ0n) is 17.5. The molecule has 2 heterocycles. The van der Waals surface area contributed by atoms with Crippen LogP contribution in [0.4, 0.5) is 13.2 Å².